The van der Waals surface area contributed by atoms with Crippen LogP contribution < -0.4 is 5.73 Å². The monoisotopic (exact) mass is 310 g/mol. The Hall–Kier alpha value is -0.0300. The first-order valence-electron chi connectivity index (χ1n) is 5.67. The van der Waals surface area contributed by atoms with Crippen molar-refractivity contribution in [2.24, 2.45) is 5.73 Å². The highest BCUT2D eigenvalue weighted by molar-refractivity contribution is 6.35. The summed E-state index contributed by atoms with van der Waals surface area (Å²) < 4.78 is 5.52. The number of nitrogens with zero attached hydrogens (tertiary/aromatic N) is 1. The van der Waals surface area contributed by atoms with Gasteiger partial charge in [-0.15, -0.1) is 12.4 Å². The standard InChI is InChI=1S/C12H16Cl2N2O.ClH/c13-10-2-1-9(12(14)5-10)7-16-3-4-17-11(6-15)8-16;/h1-2,5,11H,3-4,6-8,15H2;1H. The first-order chi connectivity index (χ1) is 8.19. The highest BCUT2D eigenvalue weighted by Crippen LogP contribution is 2.22. The van der Waals surface area contributed by atoms with Crippen LogP contribution in [-0.2, 0) is 11.3 Å². The molecular weight excluding hydrogens is 295 g/mol. The van der Waals surface area contributed by atoms with Gasteiger partial charge in [0.25, 0.3) is 0 Å². The molecule has 1 aromatic carbocycles. The second-order valence-electron chi connectivity index (χ2n) is 4.20. The Morgan fingerprint density at radius 1 is 1.39 bits per heavy atom. The zero-order valence-corrected chi connectivity index (χ0v) is 12.3. The molecule has 6 heteroatoms. The number of hydrogen-bond acceptors (Lipinski definition) is 3. The van der Waals surface area contributed by atoms with Gasteiger partial charge in [0.05, 0.1) is 12.7 Å². The van der Waals surface area contributed by atoms with Crippen molar-refractivity contribution in [2.45, 2.75) is 12.6 Å². The molecule has 2 N–H and O–H groups in total. The number of morpholine rings is 1. The lowest BCUT2D eigenvalue weighted by atomic mass is 10.2. The first kappa shape index (κ1) is 16.0. The van der Waals surface area contributed by atoms with Crippen molar-refractivity contribution >= 4 is 35.6 Å². The van der Waals surface area contributed by atoms with Crippen molar-refractivity contribution in [2.75, 3.05) is 26.2 Å². The van der Waals surface area contributed by atoms with E-state index in [1.807, 2.05) is 12.1 Å². The fourth-order valence-corrected chi connectivity index (χ4v) is 2.43. The van der Waals surface area contributed by atoms with Gasteiger partial charge in [-0.2, -0.15) is 0 Å². The van der Waals surface area contributed by atoms with Crippen molar-refractivity contribution in [3.63, 3.8) is 0 Å². The summed E-state index contributed by atoms with van der Waals surface area (Å²) in [4.78, 5) is 2.30. The molecule has 1 unspecified atom stereocenters. The van der Waals surface area contributed by atoms with E-state index in [-0.39, 0.29) is 18.5 Å². The highest BCUT2D eigenvalue weighted by atomic mass is 35.5. The van der Waals surface area contributed by atoms with Gasteiger partial charge in [0, 0.05) is 36.2 Å². The molecule has 0 spiro atoms. The predicted octanol–water partition coefficient (Wildman–Crippen LogP) is 2.57. The molecule has 2 rings (SSSR count). The maximum atomic E-state index is 6.15. The van der Waals surface area contributed by atoms with Gasteiger partial charge in [0.1, 0.15) is 0 Å². The van der Waals surface area contributed by atoms with E-state index in [0.717, 1.165) is 31.8 Å². The van der Waals surface area contributed by atoms with Crippen LogP contribution in [0.5, 0.6) is 0 Å². The summed E-state index contributed by atoms with van der Waals surface area (Å²) in [6.45, 7) is 3.87. The van der Waals surface area contributed by atoms with Gasteiger partial charge in [-0.25, -0.2) is 0 Å². The normalized spacial score (nSPS) is 20.5. The van der Waals surface area contributed by atoms with E-state index >= 15 is 0 Å². The molecule has 0 aliphatic carbocycles. The minimum absolute atomic E-state index is 0. The van der Waals surface area contributed by atoms with E-state index in [2.05, 4.69) is 4.90 Å². The predicted molar refractivity (Wildman–Crippen MR) is 77.8 cm³/mol. The molecule has 1 atom stereocenters. The molecule has 1 aliphatic heterocycles. The van der Waals surface area contributed by atoms with Gasteiger partial charge in [-0.3, -0.25) is 4.90 Å². The van der Waals surface area contributed by atoms with Crippen LogP contribution in [0.15, 0.2) is 18.2 Å². The molecule has 0 amide bonds. The quantitative estimate of drug-likeness (QED) is 0.932. The Balaban J connectivity index is 0.00000162. The maximum absolute atomic E-state index is 6.15. The van der Waals surface area contributed by atoms with Crippen LogP contribution in [0.25, 0.3) is 0 Å². The Morgan fingerprint density at radius 3 is 2.83 bits per heavy atom. The fourth-order valence-electron chi connectivity index (χ4n) is 1.96. The number of ether oxygens (including phenoxy) is 1. The Bertz CT molecular complexity index is 390. The smallest absolute Gasteiger partial charge is 0.0824 e. The molecule has 1 heterocycles. The minimum Gasteiger partial charge on any atom is -0.374 e. The molecular formula is C12H17Cl3N2O. The van der Waals surface area contributed by atoms with Crippen molar-refractivity contribution in [3.05, 3.63) is 33.8 Å². The van der Waals surface area contributed by atoms with Gasteiger partial charge in [-0.1, -0.05) is 29.3 Å². The van der Waals surface area contributed by atoms with Crippen LogP contribution >= 0.6 is 35.6 Å². The Kier molecular flexibility index (Phi) is 6.71. The summed E-state index contributed by atoms with van der Waals surface area (Å²) in [5.41, 5.74) is 6.70. The lowest BCUT2D eigenvalue weighted by Gasteiger charge is -2.32. The zero-order chi connectivity index (χ0) is 12.3. The highest BCUT2D eigenvalue weighted by Gasteiger charge is 2.19. The van der Waals surface area contributed by atoms with E-state index < -0.39 is 0 Å². The Morgan fingerprint density at radius 2 is 2.17 bits per heavy atom. The molecule has 0 radical (unpaired) electrons. The van der Waals surface area contributed by atoms with Crippen LogP contribution in [0.2, 0.25) is 10.0 Å². The van der Waals surface area contributed by atoms with Crippen molar-refractivity contribution in [1.82, 2.24) is 4.90 Å². The second-order valence-corrected chi connectivity index (χ2v) is 5.04. The van der Waals surface area contributed by atoms with Gasteiger partial charge in [0.15, 0.2) is 0 Å². The van der Waals surface area contributed by atoms with Crippen LogP contribution in [0.1, 0.15) is 5.56 Å². The molecule has 0 aromatic heterocycles. The van der Waals surface area contributed by atoms with Crippen molar-refractivity contribution in [3.8, 4) is 0 Å². The first-order valence-corrected chi connectivity index (χ1v) is 6.42. The summed E-state index contributed by atoms with van der Waals surface area (Å²) in [5.74, 6) is 0. The fraction of sp³-hybridized carbons (Fsp3) is 0.500. The summed E-state index contributed by atoms with van der Waals surface area (Å²) >= 11 is 12.0. The van der Waals surface area contributed by atoms with Crippen LogP contribution in [0, 0.1) is 0 Å². The average Bonchev–Trinajstić information content (AvgIpc) is 2.33. The molecule has 3 nitrogen and oxygen atoms in total. The molecule has 0 bridgehead atoms. The molecule has 1 aromatic rings. The summed E-state index contributed by atoms with van der Waals surface area (Å²) in [5, 5.41) is 1.38. The van der Waals surface area contributed by atoms with E-state index in [1.54, 1.807) is 6.07 Å². The van der Waals surface area contributed by atoms with Crippen LogP contribution in [-0.4, -0.2) is 37.2 Å². The number of benzene rings is 1. The lowest BCUT2D eigenvalue weighted by molar-refractivity contribution is -0.0260. The zero-order valence-electron chi connectivity index (χ0n) is 9.94. The second kappa shape index (κ2) is 7.53. The molecule has 0 saturated carbocycles. The molecule has 18 heavy (non-hydrogen) atoms. The Labute approximate surface area is 124 Å². The summed E-state index contributed by atoms with van der Waals surface area (Å²) in [6, 6.07) is 5.61. The van der Waals surface area contributed by atoms with Crippen molar-refractivity contribution in [1.29, 1.82) is 0 Å². The van der Waals surface area contributed by atoms with Gasteiger partial charge < -0.3 is 10.5 Å². The minimum atomic E-state index is 0. The molecule has 1 fully saturated rings. The number of halogens is 3. The van der Waals surface area contributed by atoms with E-state index in [1.165, 1.54) is 0 Å². The van der Waals surface area contributed by atoms with E-state index in [4.69, 9.17) is 33.7 Å². The van der Waals surface area contributed by atoms with Gasteiger partial charge >= 0.3 is 0 Å². The van der Waals surface area contributed by atoms with Crippen LogP contribution in [0.3, 0.4) is 0 Å². The maximum Gasteiger partial charge on any atom is 0.0824 e. The number of hydrogen-bond donors (Lipinski definition) is 1. The number of rotatable bonds is 3. The largest absolute Gasteiger partial charge is 0.374 e. The topological polar surface area (TPSA) is 38.5 Å². The molecule has 1 aliphatic rings. The van der Waals surface area contributed by atoms with Crippen LogP contribution in [0.4, 0.5) is 0 Å². The van der Waals surface area contributed by atoms with E-state index in [0.29, 0.717) is 16.6 Å². The van der Waals surface area contributed by atoms with Gasteiger partial charge in [0.2, 0.25) is 0 Å². The third-order valence-corrected chi connectivity index (χ3v) is 3.48. The summed E-state index contributed by atoms with van der Waals surface area (Å²) in [7, 11) is 0. The average molecular weight is 312 g/mol. The molecule has 102 valence electrons. The summed E-state index contributed by atoms with van der Waals surface area (Å²) in [6.07, 6.45) is 0.134. The van der Waals surface area contributed by atoms with E-state index in [9.17, 15) is 0 Å². The molecule has 1 saturated heterocycles. The lowest BCUT2D eigenvalue weighted by Crippen LogP contribution is -2.45. The SMILES string of the molecule is Cl.NCC1CN(Cc2ccc(Cl)cc2Cl)CCO1. The number of nitrogens with two attached hydrogens (primary N) is 1. The van der Waals surface area contributed by atoms with Crippen molar-refractivity contribution < 1.29 is 4.74 Å². The van der Waals surface area contributed by atoms with Gasteiger partial charge in [-0.05, 0) is 17.7 Å². The third kappa shape index (κ3) is 4.26. The third-order valence-electron chi connectivity index (χ3n) is 2.89.